The van der Waals surface area contributed by atoms with Crippen LogP contribution in [0.5, 0.6) is 11.5 Å². The second-order valence-electron chi connectivity index (χ2n) is 5.19. The zero-order valence-electron chi connectivity index (χ0n) is 11.4. The van der Waals surface area contributed by atoms with E-state index >= 15 is 0 Å². The molecule has 0 atom stereocenters. The molecular weight excluding hydrogens is 254 g/mol. The number of benzene rings is 1. The molecule has 1 aliphatic heterocycles. The van der Waals surface area contributed by atoms with Gasteiger partial charge in [0.1, 0.15) is 0 Å². The van der Waals surface area contributed by atoms with E-state index in [0.29, 0.717) is 19.8 Å². The summed E-state index contributed by atoms with van der Waals surface area (Å²) >= 11 is 0. The first-order valence-corrected chi connectivity index (χ1v) is 7.14. The van der Waals surface area contributed by atoms with Crippen LogP contribution in [-0.4, -0.2) is 19.1 Å². The van der Waals surface area contributed by atoms with Gasteiger partial charge >= 0.3 is 0 Å². The average Bonchev–Trinajstić information content (AvgIpc) is 2.90. The second kappa shape index (κ2) is 5.99. The monoisotopic (exact) mass is 273 g/mol. The van der Waals surface area contributed by atoms with Crippen molar-refractivity contribution in [3.8, 4) is 11.5 Å². The molecule has 0 saturated heterocycles. The Labute approximate surface area is 118 Å². The van der Waals surface area contributed by atoms with Crippen LogP contribution < -0.4 is 14.8 Å². The lowest BCUT2D eigenvalue weighted by atomic mass is 10.1. The van der Waals surface area contributed by atoms with E-state index < -0.39 is 0 Å². The summed E-state index contributed by atoms with van der Waals surface area (Å²) in [4.78, 5) is 12.0. The van der Waals surface area contributed by atoms with Crippen molar-refractivity contribution in [1.82, 2.24) is 5.32 Å². The van der Waals surface area contributed by atoms with Gasteiger partial charge in [0.15, 0.2) is 11.5 Å². The van der Waals surface area contributed by atoms with Crippen molar-refractivity contribution < 1.29 is 14.3 Å². The molecule has 2 aliphatic rings. The molecule has 3 rings (SSSR count). The number of nitrogens with one attached hydrogen (secondary N) is 1. The molecule has 4 heteroatoms. The zero-order chi connectivity index (χ0) is 13.8. The topological polar surface area (TPSA) is 47.6 Å². The fourth-order valence-electron chi connectivity index (χ4n) is 2.48. The Kier molecular flexibility index (Phi) is 3.90. The van der Waals surface area contributed by atoms with Crippen molar-refractivity contribution in [1.29, 1.82) is 0 Å². The largest absolute Gasteiger partial charge is 0.490 e. The molecule has 1 N–H and O–H groups in total. The van der Waals surface area contributed by atoms with Crippen molar-refractivity contribution in [2.24, 2.45) is 5.92 Å². The SMILES string of the molecule is O=C(NCc1ccc2c(c1)OCCCO2)C1CC=CC1. The minimum absolute atomic E-state index is 0.107. The highest BCUT2D eigenvalue weighted by molar-refractivity contribution is 5.79. The Morgan fingerprint density at radius 3 is 2.70 bits per heavy atom. The molecule has 1 aromatic carbocycles. The number of hydrogen-bond donors (Lipinski definition) is 1. The van der Waals surface area contributed by atoms with Crippen LogP contribution in [0.4, 0.5) is 0 Å². The van der Waals surface area contributed by atoms with Crippen LogP contribution in [-0.2, 0) is 11.3 Å². The van der Waals surface area contributed by atoms with Crippen LogP contribution in [0.1, 0.15) is 24.8 Å². The van der Waals surface area contributed by atoms with Gasteiger partial charge in [-0.2, -0.15) is 0 Å². The van der Waals surface area contributed by atoms with E-state index in [1.54, 1.807) is 0 Å². The maximum atomic E-state index is 12.0. The summed E-state index contributed by atoms with van der Waals surface area (Å²) in [6, 6.07) is 5.84. The van der Waals surface area contributed by atoms with Gasteiger partial charge in [0.05, 0.1) is 13.2 Å². The number of hydrogen-bond acceptors (Lipinski definition) is 3. The molecule has 0 saturated carbocycles. The molecule has 1 heterocycles. The van der Waals surface area contributed by atoms with Crippen molar-refractivity contribution >= 4 is 5.91 Å². The molecule has 1 aromatic rings. The lowest BCUT2D eigenvalue weighted by molar-refractivity contribution is -0.124. The third-order valence-corrected chi connectivity index (χ3v) is 3.66. The van der Waals surface area contributed by atoms with Crippen molar-refractivity contribution in [3.05, 3.63) is 35.9 Å². The van der Waals surface area contributed by atoms with Crippen LogP contribution in [0, 0.1) is 5.92 Å². The van der Waals surface area contributed by atoms with Crippen LogP contribution in [0.25, 0.3) is 0 Å². The normalized spacial score (nSPS) is 17.8. The zero-order valence-corrected chi connectivity index (χ0v) is 11.4. The van der Waals surface area contributed by atoms with Crippen LogP contribution in [0.2, 0.25) is 0 Å². The predicted octanol–water partition coefficient (Wildman–Crippen LogP) is 2.43. The van der Waals surface area contributed by atoms with E-state index in [2.05, 4.69) is 17.5 Å². The molecule has 0 radical (unpaired) electrons. The molecule has 0 unspecified atom stereocenters. The predicted molar refractivity (Wildman–Crippen MR) is 75.8 cm³/mol. The summed E-state index contributed by atoms with van der Waals surface area (Å²) in [6.07, 6.45) is 6.74. The van der Waals surface area contributed by atoms with Gasteiger partial charge in [0.2, 0.25) is 5.91 Å². The number of amides is 1. The van der Waals surface area contributed by atoms with Gasteiger partial charge in [0.25, 0.3) is 0 Å². The molecule has 1 amide bonds. The number of carbonyl (C=O) groups is 1. The van der Waals surface area contributed by atoms with E-state index in [0.717, 1.165) is 36.3 Å². The van der Waals surface area contributed by atoms with Crippen molar-refractivity contribution in [2.75, 3.05) is 13.2 Å². The number of ether oxygens (including phenoxy) is 2. The van der Waals surface area contributed by atoms with Crippen molar-refractivity contribution in [2.45, 2.75) is 25.8 Å². The van der Waals surface area contributed by atoms with Crippen LogP contribution >= 0.6 is 0 Å². The van der Waals surface area contributed by atoms with E-state index in [1.807, 2.05) is 18.2 Å². The minimum Gasteiger partial charge on any atom is -0.490 e. The molecule has 0 bridgehead atoms. The van der Waals surface area contributed by atoms with Gasteiger partial charge < -0.3 is 14.8 Å². The standard InChI is InChI=1S/C16H19NO3/c18-16(13-4-1-2-5-13)17-11-12-6-7-14-15(10-12)20-9-3-8-19-14/h1-2,6-7,10,13H,3-5,8-9,11H2,(H,17,18). The number of allylic oxidation sites excluding steroid dienone is 2. The smallest absolute Gasteiger partial charge is 0.224 e. The Balaban J connectivity index is 1.60. The highest BCUT2D eigenvalue weighted by Gasteiger charge is 2.19. The summed E-state index contributed by atoms with van der Waals surface area (Å²) in [6.45, 7) is 1.90. The van der Waals surface area contributed by atoms with Gasteiger partial charge in [-0.05, 0) is 30.5 Å². The lowest BCUT2D eigenvalue weighted by Gasteiger charge is -2.12. The van der Waals surface area contributed by atoms with Gasteiger partial charge in [-0.15, -0.1) is 0 Å². The maximum Gasteiger partial charge on any atom is 0.224 e. The van der Waals surface area contributed by atoms with E-state index in [4.69, 9.17) is 9.47 Å². The molecule has 4 nitrogen and oxygen atoms in total. The summed E-state index contributed by atoms with van der Waals surface area (Å²) in [5, 5.41) is 2.99. The van der Waals surface area contributed by atoms with Gasteiger partial charge in [-0.25, -0.2) is 0 Å². The van der Waals surface area contributed by atoms with E-state index in [-0.39, 0.29) is 11.8 Å². The Bertz CT molecular complexity index is 516. The van der Waals surface area contributed by atoms with E-state index in [1.165, 1.54) is 0 Å². The van der Waals surface area contributed by atoms with Gasteiger partial charge in [-0.3, -0.25) is 4.79 Å². The number of rotatable bonds is 3. The molecule has 0 fully saturated rings. The molecule has 0 spiro atoms. The van der Waals surface area contributed by atoms with Crippen LogP contribution in [0.15, 0.2) is 30.4 Å². The molecular formula is C16H19NO3. The summed E-state index contributed by atoms with van der Waals surface area (Å²) < 4.78 is 11.2. The Morgan fingerprint density at radius 1 is 1.15 bits per heavy atom. The molecule has 106 valence electrons. The number of carbonyl (C=O) groups excluding carboxylic acids is 1. The second-order valence-corrected chi connectivity index (χ2v) is 5.19. The maximum absolute atomic E-state index is 12.0. The highest BCUT2D eigenvalue weighted by Crippen LogP contribution is 2.30. The summed E-state index contributed by atoms with van der Waals surface area (Å²) in [5.74, 6) is 1.80. The fraction of sp³-hybridized carbons (Fsp3) is 0.438. The average molecular weight is 273 g/mol. The quantitative estimate of drug-likeness (QED) is 0.860. The van der Waals surface area contributed by atoms with Gasteiger partial charge in [0, 0.05) is 18.9 Å². The first-order valence-electron chi connectivity index (χ1n) is 7.14. The third-order valence-electron chi connectivity index (χ3n) is 3.66. The first-order chi connectivity index (χ1) is 9.83. The van der Waals surface area contributed by atoms with Crippen LogP contribution in [0.3, 0.4) is 0 Å². The molecule has 0 aromatic heterocycles. The Hall–Kier alpha value is -1.97. The molecule has 20 heavy (non-hydrogen) atoms. The molecule has 1 aliphatic carbocycles. The minimum atomic E-state index is 0.107. The highest BCUT2D eigenvalue weighted by atomic mass is 16.5. The Morgan fingerprint density at radius 2 is 1.90 bits per heavy atom. The van der Waals surface area contributed by atoms with Crippen molar-refractivity contribution in [3.63, 3.8) is 0 Å². The van der Waals surface area contributed by atoms with E-state index in [9.17, 15) is 4.79 Å². The number of fused-ring (bicyclic) bond motifs is 1. The summed E-state index contributed by atoms with van der Waals surface area (Å²) in [7, 11) is 0. The lowest BCUT2D eigenvalue weighted by Crippen LogP contribution is -2.28. The first kappa shape index (κ1) is 13.0. The fourth-order valence-corrected chi connectivity index (χ4v) is 2.48. The summed E-state index contributed by atoms with van der Waals surface area (Å²) in [5.41, 5.74) is 1.04. The van der Waals surface area contributed by atoms with Gasteiger partial charge in [-0.1, -0.05) is 18.2 Å². The third kappa shape index (κ3) is 2.95.